The fraction of sp³-hybridized carbons (Fsp3) is 0.600. The molecular weight excluding hydrogens is 458 g/mol. The van der Waals surface area contributed by atoms with Crippen LogP contribution in [0.5, 0.6) is 0 Å². The summed E-state index contributed by atoms with van der Waals surface area (Å²) in [5.74, 6) is 0.509. The number of rotatable bonds is 7. The van der Waals surface area contributed by atoms with Gasteiger partial charge in [0.1, 0.15) is 5.82 Å². The highest BCUT2D eigenvalue weighted by Gasteiger charge is 2.15. The number of halogens is 2. The maximum absolute atomic E-state index is 13.6. The summed E-state index contributed by atoms with van der Waals surface area (Å²) in [4.78, 5) is 16.5. The molecule has 1 fully saturated rings. The number of aryl methyl sites for hydroxylation is 1. The van der Waals surface area contributed by atoms with E-state index in [1.807, 2.05) is 13.0 Å². The van der Waals surface area contributed by atoms with Crippen molar-refractivity contribution in [2.24, 2.45) is 4.99 Å². The number of carbonyl (C=O) groups is 1. The zero-order chi connectivity index (χ0) is 18.8. The van der Waals surface area contributed by atoms with Gasteiger partial charge in [-0.15, -0.1) is 24.0 Å². The van der Waals surface area contributed by atoms with Gasteiger partial charge in [0, 0.05) is 25.6 Å². The summed E-state index contributed by atoms with van der Waals surface area (Å²) in [6.07, 6.45) is 6.30. The molecular formula is C20H32FIN4O. The maximum atomic E-state index is 13.6. The van der Waals surface area contributed by atoms with Crippen LogP contribution in [0.3, 0.4) is 0 Å². The van der Waals surface area contributed by atoms with Crippen LogP contribution < -0.4 is 16.0 Å². The van der Waals surface area contributed by atoms with E-state index in [-0.39, 0.29) is 35.7 Å². The molecule has 0 aromatic heterocycles. The van der Waals surface area contributed by atoms with E-state index in [0.29, 0.717) is 37.1 Å². The number of guanidine groups is 1. The molecule has 1 aliphatic carbocycles. The van der Waals surface area contributed by atoms with Gasteiger partial charge in [-0.05, 0) is 43.9 Å². The van der Waals surface area contributed by atoms with Crippen LogP contribution in [0.1, 0.15) is 56.6 Å². The number of hydrogen-bond acceptors (Lipinski definition) is 2. The highest BCUT2D eigenvalue weighted by Crippen LogP contribution is 2.17. The summed E-state index contributed by atoms with van der Waals surface area (Å²) in [7, 11) is 0. The molecule has 7 heteroatoms. The minimum Gasteiger partial charge on any atom is -0.357 e. The third-order valence-electron chi connectivity index (χ3n) is 4.62. The summed E-state index contributed by atoms with van der Waals surface area (Å²) in [5.41, 5.74) is 1.45. The van der Waals surface area contributed by atoms with Gasteiger partial charge in [0.25, 0.3) is 0 Å². The minimum absolute atomic E-state index is 0. The summed E-state index contributed by atoms with van der Waals surface area (Å²) in [6, 6.07) is 5.49. The highest BCUT2D eigenvalue weighted by molar-refractivity contribution is 14.0. The molecule has 0 heterocycles. The van der Waals surface area contributed by atoms with Crippen LogP contribution in [0.2, 0.25) is 0 Å². The Labute approximate surface area is 179 Å². The Morgan fingerprint density at radius 1 is 1.22 bits per heavy atom. The van der Waals surface area contributed by atoms with E-state index in [2.05, 4.69) is 20.9 Å². The molecule has 1 aromatic carbocycles. The molecule has 0 atom stereocenters. The first-order chi connectivity index (χ1) is 12.6. The topological polar surface area (TPSA) is 65.5 Å². The van der Waals surface area contributed by atoms with Gasteiger partial charge in [-0.25, -0.2) is 9.38 Å². The zero-order valence-electron chi connectivity index (χ0n) is 16.3. The van der Waals surface area contributed by atoms with Crippen molar-refractivity contribution in [1.82, 2.24) is 16.0 Å². The maximum Gasteiger partial charge on any atom is 0.221 e. The minimum atomic E-state index is -0.213. The summed E-state index contributed by atoms with van der Waals surface area (Å²) in [5, 5.41) is 9.43. The van der Waals surface area contributed by atoms with Crippen molar-refractivity contribution in [2.45, 2.75) is 65.0 Å². The first-order valence-electron chi connectivity index (χ1n) is 9.65. The average molecular weight is 490 g/mol. The van der Waals surface area contributed by atoms with Crippen LogP contribution in [-0.4, -0.2) is 31.0 Å². The number of nitrogens with zero attached hydrogens (tertiary/aromatic N) is 1. The Balaban J connectivity index is 0.00000364. The largest absolute Gasteiger partial charge is 0.357 e. The van der Waals surface area contributed by atoms with Crippen LogP contribution in [-0.2, 0) is 11.3 Å². The summed E-state index contributed by atoms with van der Waals surface area (Å²) in [6.45, 7) is 5.36. The SMILES string of the molecule is CCNC(=NCc1ccc(C)c(F)c1)NCCC(=O)NC1CCCCC1.I. The van der Waals surface area contributed by atoms with Crippen molar-refractivity contribution in [2.75, 3.05) is 13.1 Å². The predicted octanol–water partition coefficient (Wildman–Crippen LogP) is 3.65. The van der Waals surface area contributed by atoms with Crippen LogP contribution in [0.25, 0.3) is 0 Å². The van der Waals surface area contributed by atoms with Crippen LogP contribution in [0.15, 0.2) is 23.2 Å². The van der Waals surface area contributed by atoms with Crippen molar-refractivity contribution in [3.8, 4) is 0 Å². The van der Waals surface area contributed by atoms with E-state index in [1.165, 1.54) is 25.3 Å². The van der Waals surface area contributed by atoms with Crippen molar-refractivity contribution in [3.63, 3.8) is 0 Å². The second-order valence-electron chi connectivity index (χ2n) is 6.86. The first-order valence-corrected chi connectivity index (χ1v) is 9.65. The molecule has 2 rings (SSSR count). The van der Waals surface area contributed by atoms with Crippen molar-refractivity contribution < 1.29 is 9.18 Å². The lowest BCUT2D eigenvalue weighted by Crippen LogP contribution is -2.41. The smallest absolute Gasteiger partial charge is 0.221 e. The van der Waals surface area contributed by atoms with Gasteiger partial charge in [-0.3, -0.25) is 4.79 Å². The molecule has 0 saturated heterocycles. The predicted molar refractivity (Wildman–Crippen MR) is 119 cm³/mol. The Hall–Kier alpha value is -1.38. The Bertz CT molecular complexity index is 618. The van der Waals surface area contributed by atoms with Crippen LogP contribution >= 0.6 is 24.0 Å². The molecule has 1 saturated carbocycles. The Morgan fingerprint density at radius 2 is 1.96 bits per heavy atom. The van der Waals surface area contributed by atoms with Gasteiger partial charge in [-0.2, -0.15) is 0 Å². The zero-order valence-corrected chi connectivity index (χ0v) is 18.6. The van der Waals surface area contributed by atoms with Gasteiger partial charge < -0.3 is 16.0 Å². The second-order valence-corrected chi connectivity index (χ2v) is 6.86. The van der Waals surface area contributed by atoms with Crippen LogP contribution in [0, 0.1) is 12.7 Å². The quantitative estimate of drug-likeness (QED) is 0.311. The van der Waals surface area contributed by atoms with Gasteiger partial charge >= 0.3 is 0 Å². The number of hydrogen-bond donors (Lipinski definition) is 3. The molecule has 1 aliphatic rings. The number of benzene rings is 1. The molecule has 3 N–H and O–H groups in total. The Morgan fingerprint density at radius 3 is 2.63 bits per heavy atom. The molecule has 1 aromatic rings. The number of carbonyl (C=O) groups excluding carboxylic acids is 1. The fourth-order valence-electron chi connectivity index (χ4n) is 3.09. The lowest BCUT2D eigenvalue weighted by atomic mass is 9.95. The van der Waals surface area contributed by atoms with Gasteiger partial charge in [0.2, 0.25) is 5.91 Å². The molecule has 0 unspecified atom stereocenters. The van der Waals surface area contributed by atoms with E-state index in [0.717, 1.165) is 24.9 Å². The molecule has 27 heavy (non-hydrogen) atoms. The van der Waals surface area contributed by atoms with E-state index in [9.17, 15) is 9.18 Å². The third kappa shape index (κ3) is 8.90. The lowest BCUT2D eigenvalue weighted by Gasteiger charge is -2.22. The van der Waals surface area contributed by atoms with Crippen molar-refractivity contribution >= 4 is 35.8 Å². The fourth-order valence-corrected chi connectivity index (χ4v) is 3.09. The van der Waals surface area contributed by atoms with E-state index in [4.69, 9.17) is 0 Å². The van der Waals surface area contributed by atoms with Crippen molar-refractivity contribution in [1.29, 1.82) is 0 Å². The molecule has 0 radical (unpaired) electrons. The second kappa shape index (κ2) is 12.9. The first kappa shape index (κ1) is 23.7. The molecule has 5 nitrogen and oxygen atoms in total. The lowest BCUT2D eigenvalue weighted by molar-refractivity contribution is -0.121. The summed E-state index contributed by atoms with van der Waals surface area (Å²) < 4.78 is 13.6. The van der Waals surface area contributed by atoms with E-state index in [1.54, 1.807) is 13.0 Å². The number of amides is 1. The molecule has 0 bridgehead atoms. The van der Waals surface area contributed by atoms with Crippen LogP contribution in [0.4, 0.5) is 4.39 Å². The number of nitrogens with one attached hydrogen (secondary N) is 3. The van der Waals surface area contributed by atoms with Crippen molar-refractivity contribution in [3.05, 3.63) is 35.1 Å². The highest BCUT2D eigenvalue weighted by atomic mass is 127. The van der Waals surface area contributed by atoms with Gasteiger partial charge in [0.15, 0.2) is 5.96 Å². The summed E-state index contributed by atoms with van der Waals surface area (Å²) >= 11 is 0. The number of aliphatic imine (C=N–C) groups is 1. The van der Waals surface area contributed by atoms with E-state index < -0.39 is 0 Å². The third-order valence-corrected chi connectivity index (χ3v) is 4.62. The monoisotopic (exact) mass is 490 g/mol. The van der Waals surface area contributed by atoms with Gasteiger partial charge in [0.05, 0.1) is 6.54 Å². The normalized spacial score (nSPS) is 15.0. The molecule has 0 aliphatic heterocycles. The average Bonchev–Trinajstić information content (AvgIpc) is 2.63. The molecule has 0 spiro atoms. The standard InChI is InChI=1S/C20H31FN4O.HI/c1-3-22-20(24-14-16-10-9-15(2)18(21)13-16)23-12-11-19(26)25-17-7-5-4-6-8-17;/h9-10,13,17H,3-8,11-12,14H2,1-2H3,(H,25,26)(H2,22,23,24);1H. The van der Waals surface area contributed by atoms with Gasteiger partial charge in [-0.1, -0.05) is 31.4 Å². The van der Waals surface area contributed by atoms with E-state index >= 15 is 0 Å². The molecule has 1 amide bonds. The molecule has 152 valence electrons. The Kier molecular flexibility index (Phi) is 11.3.